The Hall–Kier alpha value is -2.13. The van der Waals surface area contributed by atoms with Crippen molar-refractivity contribution < 1.29 is 9.53 Å². The van der Waals surface area contributed by atoms with Crippen LogP contribution in [0.4, 0.5) is 0 Å². The highest BCUT2D eigenvalue weighted by atomic mass is 16.5. The van der Waals surface area contributed by atoms with Gasteiger partial charge in [0.2, 0.25) is 0 Å². The molecule has 2 aromatic carbocycles. The smallest absolute Gasteiger partial charge is 0.179 e. The number of benzene rings is 2. The highest BCUT2D eigenvalue weighted by Gasteiger charge is 2.14. The van der Waals surface area contributed by atoms with E-state index in [1.807, 2.05) is 38.1 Å². The molecular weight excluding hydrogens is 274 g/mol. The molecule has 116 valence electrons. The molecule has 0 amide bonds. The molecule has 0 aliphatic carbocycles. The minimum absolute atomic E-state index is 0.0927. The first kappa shape index (κ1) is 16.2. The Kier molecular flexibility index (Phi) is 5.73. The van der Waals surface area contributed by atoms with Gasteiger partial charge in [-0.15, -0.1) is 0 Å². The van der Waals surface area contributed by atoms with Gasteiger partial charge in [0.05, 0.1) is 12.6 Å². The lowest BCUT2D eigenvalue weighted by atomic mass is 10.0. The third kappa shape index (κ3) is 4.43. The first-order valence-electron chi connectivity index (χ1n) is 7.66. The van der Waals surface area contributed by atoms with Gasteiger partial charge in [0, 0.05) is 12.1 Å². The van der Waals surface area contributed by atoms with Gasteiger partial charge in [-0.2, -0.15) is 0 Å². The monoisotopic (exact) mass is 297 g/mol. The molecule has 0 bridgehead atoms. The van der Waals surface area contributed by atoms with Gasteiger partial charge in [0.15, 0.2) is 5.78 Å². The second-order valence-electron chi connectivity index (χ2n) is 5.41. The molecule has 0 fully saturated rings. The fourth-order valence-electron chi connectivity index (χ4n) is 2.20. The number of carbonyl (C=O) groups excluding carboxylic acids is 1. The second-order valence-corrected chi connectivity index (χ2v) is 5.41. The van der Waals surface area contributed by atoms with Crippen molar-refractivity contribution in [2.24, 2.45) is 0 Å². The molecule has 22 heavy (non-hydrogen) atoms. The van der Waals surface area contributed by atoms with E-state index in [1.165, 1.54) is 11.1 Å². The maximum atomic E-state index is 12.4. The topological polar surface area (TPSA) is 38.3 Å². The summed E-state index contributed by atoms with van der Waals surface area (Å²) in [7, 11) is 0. The number of carbonyl (C=O) groups is 1. The number of ketones is 1. The van der Waals surface area contributed by atoms with Crippen molar-refractivity contribution in [3.8, 4) is 5.75 Å². The molecular formula is C19H23NO2. The summed E-state index contributed by atoms with van der Waals surface area (Å²) in [5.74, 6) is 0.884. The molecule has 1 unspecified atom stereocenters. The minimum atomic E-state index is -0.223. The van der Waals surface area contributed by atoms with Gasteiger partial charge in [0.25, 0.3) is 0 Å². The summed E-state index contributed by atoms with van der Waals surface area (Å²) in [4.78, 5) is 12.4. The lowest BCUT2D eigenvalue weighted by molar-refractivity contribution is 0.0950. The van der Waals surface area contributed by atoms with Gasteiger partial charge in [-0.3, -0.25) is 4.79 Å². The number of ether oxygens (including phenoxy) is 1. The number of rotatable bonds is 7. The maximum Gasteiger partial charge on any atom is 0.179 e. The summed E-state index contributed by atoms with van der Waals surface area (Å²) in [5.41, 5.74) is 3.12. The second kappa shape index (κ2) is 7.76. The third-order valence-electron chi connectivity index (χ3n) is 3.58. The zero-order chi connectivity index (χ0) is 15.9. The van der Waals surface area contributed by atoms with Crippen molar-refractivity contribution in [1.82, 2.24) is 5.32 Å². The standard InChI is InChI=1S/C19H23NO2/c1-4-22-18-11-9-17(10-12-18)19(21)15(3)20-13-16-7-5-14(2)6-8-16/h5-12,15,20H,4,13H2,1-3H3. The van der Waals surface area contributed by atoms with Crippen LogP contribution < -0.4 is 10.1 Å². The molecule has 0 aliphatic rings. The van der Waals surface area contributed by atoms with Crippen LogP contribution in [0, 0.1) is 6.92 Å². The molecule has 0 aliphatic heterocycles. The van der Waals surface area contributed by atoms with Crippen molar-refractivity contribution in [2.45, 2.75) is 33.4 Å². The highest BCUT2D eigenvalue weighted by Crippen LogP contribution is 2.13. The van der Waals surface area contributed by atoms with Gasteiger partial charge in [-0.1, -0.05) is 29.8 Å². The molecule has 2 rings (SSSR count). The van der Waals surface area contributed by atoms with Crippen LogP contribution in [-0.4, -0.2) is 18.4 Å². The molecule has 1 atom stereocenters. The Labute approximate surface area is 132 Å². The zero-order valence-electron chi connectivity index (χ0n) is 13.4. The zero-order valence-corrected chi connectivity index (χ0v) is 13.4. The van der Waals surface area contributed by atoms with Gasteiger partial charge in [-0.05, 0) is 50.6 Å². The Balaban J connectivity index is 1.92. The molecule has 0 radical (unpaired) electrons. The number of nitrogens with one attached hydrogen (secondary N) is 1. The molecule has 0 saturated carbocycles. The summed E-state index contributed by atoms with van der Waals surface area (Å²) in [6, 6.07) is 15.4. The first-order chi connectivity index (χ1) is 10.6. The Morgan fingerprint density at radius 3 is 2.32 bits per heavy atom. The van der Waals surface area contributed by atoms with E-state index in [9.17, 15) is 4.79 Å². The summed E-state index contributed by atoms with van der Waals surface area (Å²) < 4.78 is 5.39. The maximum absolute atomic E-state index is 12.4. The predicted octanol–water partition coefficient (Wildman–Crippen LogP) is 3.75. The number of Topliss-reactive ketones (excluding diaryl/α,β-unsaturated/α-hetero) is 1. The van der Waals surface area contributed by atoms with Crippen LogP contribution in [0.3, 0.4) is 0 Å². The van der Waals surface area contributed by atoms with Crippen LogP contribution in [-0.2, 0) is 6.54 Å². The van der Waals surface area contributed by atoms with Gasteiger partial charge < -0.3 is 10.1 Å². The molecule has 1 N–H and O–H groups in total. The lowest BCUT2D eigenvalue weighted by Gasteiger charge is -2.13. The number of hydrogen-bond acceptors (Lipinski definition) is 3. The van der Waals surface area contributed by atoms with Gasteiger partial charge in [0.1, 0.15) is 5.75 Å². The molecule has 3 nitrogen and oxygen atoms in total. The Morgan fingerprint density at radius 2 is 1.73 bits per heavy atom. The SMILES string of the molecule is CCOc1ccc(C(=O)C(C)NCc2ccc(C)cc2)cc1. The first-order valence-corrected chi connectivity index (χ1v) is 7.66. The van der Waals surface area contributed by atoms with E-state index in [1.54, 1.807) is 0 Å². The van der Waals surface area contributed by atoms with Crippen molar-refractivity contribution in [1.29, 1.82) is 0 Å². The Bertz CT molecular complexity index is 602. The van der Waals surface area contributed by atoms with Crippen LogP contribution in [0.5, 0.6) is 5.75 Å². The van der Waals surface area contributed by atoms with Crippen LogP contribution in [0.15, 0.2) is 48.5 Å². The highest BCUT2D eigenvalue weighted by molar-refractivity contribution is 5.99. The molecule has 0 heterocycles. The van der Waals surface area contributed by atoms with E-state index in [2.05, 4.69) is 36.5 Å². The van der Waals surface area contributed by atoms with E-state index < -0.39 is 0 Å². The van der Waals surface area contributed by atoms with Gasteiger partial charge in [-0.25, -0.2) is 0 Å². The van der Waals surface area contributed by atoms with Crippen LogP contribution in [0.25, 0.3) is 0 Å². The summed E-state index contributed by atoms with van der Waals surface area (Å²) in [6.45, 7) is 7.21. The van der Waals surface area contributed by atoms with Crippen molar-refractivity contribution in [3.05, 3.63) is 65.2 Å². The fraction of sp³-hybridized carbons (Fsp3) is 0.316. The normalized spacial score (nSPS) is 12.0. The van der Waals surface area contributed by atoms with E-state index in [-0.39, 0.29) is 11.8 Å². The molecule has 0 spiro atoms. The molecule has 2 aromatic rings. The van der Waals surface area contributed by atoms with Crippen molar-refractivity contribution in [3.63, 3.8) is 0 Å². The quantitative estimate of drug-likeness (QED) is 0.791. The van der Waals surface area contributed by atoms with Crippen molar-refractivity contribution >= 4 is 5.78 Å². The summed E-state index contributed by atoms with van der Waals surface area (Å²) in [6.07, 6.45) is 0. The van der Waals surface area contributed by atoms with Gasteiger partial charge >= 0.3 is 0 Å². The van der Waals surface area contributed by atoms with E-state index in [4.69, 9.17) is 4.74 Å². The molecule has 3 heteroatoms. The largest absolute Gasteiger partial charge is 0.494 e. The average Bonchev–Trinajstić information content (AvgIpc) is 2.54. The fourth-order valence-corrected chi connectivity index (χ4v) is 2.20. The van der Waals surface area contributed by atoms with Crippen molar-refractivity contribution in [2.75, 3.05) is 6.61 Å². The van der Waals surface area contributed by atoms with E-state index in [0.717, 1.165) is 5.75 Å². The van der Waals surface area contributed by atoms with Crippen LogP contribution in [0.1, 0.15) is 35.3 Å². The average molecular weight is 297 g/mol. The van der Waals surface area contributed by atoms with E-state index >= 15 is 0 Å². The van der Waals surface area contributed by atoms with Crippen LogP contribution >= 0.6 is 0 Å². The Morgan fingerprint density at radius 1 is 1.09 bits per heavy atom. The lowest BCUT2D eigenvalue weighted by Crippen LogP contribution is -2.33. The third-order valence-corrected chi connectivity index (χ3v) is 3.58. The minimum Gasteiger partial charge on any atom is -0.494 e. The number of hydrogen-bond donors (Lipinski definition) is 1. The van der Waals surface area contributed by atoms with E-state index in [0.29, 0.717) is 18.7 Å². The number of aryl methyl sites for hydroxylation is 1. The molecule has 0 aromatic heterocycles. The van der Waals surface area contributed by atoms with Crippen LogP contribution in [0.2, 0.25) is 0 Å². The molecule has 0 saturated heterocycles. The predicted molar refractivity (Wildman–Crippen MR) is 89.4 cm³/mol. The summed E-state index contributed by atoms with van der Waals surface area (Å²) >= 11 is 0. The summed E-state index contributed by atoms with van der Waals surface area (Å²) in [5, 5.41) is 3.28.